The van der Waals surface area contributed by atoms with E-state index in [0.29, 0.717) is 19.0 Å². The van der Waals surface area contributed by atoms with Crippen LogP contribution in [0.4, 0.5) is 18.9 Å². The van der Waals surface area contributed by atoms with Crippen LogP contribution < -0.4 is 5.32 Å². The number of likely N-dealkylation sites (tertiary alicyclic amines) is 1. The van der Waals surface area contributed by atoms with Crippen LogP contribution in [0.2, 0.25) is 0 Å². The van der Waals surface area contributed by atoms with Crippen LogP contribution in [-0.2, 0) is 4.79 Å². The lowest BCUT2D eigenvalue weighted by Gasteiger charge is -2.30. The van der Waals surface area contributed by atoms with E-state index in [0.717, 1.165) is 25.0 Å². The molecule has 1 aliphatic rings. The molecule has 20 heavy (non-hydrogen) atoms. The number of amides is 1. The maximum atomic E-state index is 13.4. The van der Waals surface area contributed by atoms with Crippen LogP contribution in [0.3, 0.4) is 0 Å². The van der Waals surface area contributed by atoms with E-state index in [1.807, 2.05) is 0 Å². The Kier molecular flexibility index (Phi) is 4.52. The standard InChI is InChI=1S/C14H17F3N2O/c1-9-4-6-19(7-5-9)12(20)8-18-11-3-2-10(15)13(16)14(11)17/h2-3,9,18H,4-8H2,1H3. The van der Waals surface area contributed by atoms with Gasteiger partial charge in [0.15, 0.2) is 17.5 Å². The lowest BCUT2D eigenvalue weighted by atomic mass is 9.99. The Balaban J connectivity index is 1.92. The van der Waals surface area contributed by atoms with E-state index >= 15 is 0 Å². The number of nitrogens with one attached hydrogen (secondary N) is 1. The molecule has 0 radical (unpaired) electrons. The predicted octanol–water partition coefficient (Wildman–Crippen LogP) is 2.77. The zero-order chi connectivity index (χ0) is 14.7. The van der Waals surface area contributed by atoms with E-state index in [-0.39, 0.29) is 18.1 Å². The summed E-state index contributed by atoms with van der Waals surface area (Å²) in [5.74, 6) is -3.64. The molecule has 1 N–H and O–H groups in total. The maximum Gasteiger partial charge on any atom is 0.241 e. The van der Waals surface area contributed by atoms with E-state index in [9.17, 15) is 18.0 Å². The molecule has 1 aliphatic heterocycles. The van der Waals surface area contributed by atoms with Crippen LogP contribution >= 0.6 is 0 Å². The van der Waals surface area contributed by atoms with Crippen molar-refractivity contribution in [3.05, 3.63) is 29.6 Å². The fourth-order valence-corrected chi connectivity index (χ4v) is 2.20. The third-order valence-electron chi connectivity index (χ3n) is 3.60. The van der Waals surface area contributed by atoms with Gasteiger partial charge < -0.3 is 10.2 Å². The fraction of sp³-hybridized carbons (Fsp3) is 0.500. The number of rotatable bonds is 3. The molecule has 3 nitrogen and oxygen atoms in total. The van der Waals surface area contributed by atoms with Crippen molar-refractivity contribution in [2.24, 2.45) is 5.92 Å². The smallest absolute Gasteiger partial charge is 0.241 e. The third-order valence-corrected chi connectivity index (χ3v) is 3.60. The Labute approximate surface area is 115 Å². The second-order valence-corrected chi connectivity index (χ2v) is 5.14. The number of hydrogen-bond acceptors (Lipinski definition) is 2. The minimum Gasteiger partial charge on any atom is -0.374 e. The summed E-state index contributed by atoms with van der Waals surface area (Å²) in [6, 6.07) is 1.91. The average Bonchev–Trinajstić information content (AvgIpc) is 2.44. The Morgan fingerprint density at radius 1 is 1.25 bits per heavy atom. The lowest BCUT2D eigenvalue weighted by molar-refractivity contribution is -0.130. The van der Waals surface area contributed by atoms with Crippen LogP contribution in [0.5, 0.6) is 0 Å². The molecule has 1 aromatic carbocycles. The second kappa shape index (κ2) is 6.15. The molecule has 1 aromatic rings. The quantitative estimate of drug-likeness (QED) is 0.867. The first-order valence-electron chi connectivity index (χ1n) is 6.64. The summed E-state index contributed by atoms with van der Waals surface area (Å²) >= 11 is 0. The van der Waals surface area contributed by atoms with Crippen LogP contribution in [0, 0.1) is 23.4 Å². The summed E-state index contributed by atoms with van der Waals surface area (Å²) in [5, 5.41) is 2.52. The van der Waals surface area contributed by atoms with Crippen molar-refractivity contribution in [3.63, 3.8) is 0 Å². The summed E-state index contributed by atoms with van der Waals surface area (Å²) in [4.78, 5) is 13.6. The van der Waals surface area contributed by atoms with E-state index in [2.05, 4.69) is 12.2 Å². The molecular weight excluding hydrogens is 269 g/mol. The minimum absolute atomic E-state index is 0.129. The molecule has 1 heterocycles. The van der Waals surface area contributed by atoms with Gasteiger partial charge in [0.2, 0.25) is 5.91 Å². The van der Waals surface area contributed by atoms with Crippen LogP contribution in [0.1, 0.15) is 19.8 Å². The number of carbonyl (C=O) groups excluding carboxylic acids is 1. The van der Waals surface area contributed by atoms with Gasteiger partial charge in [0, 0.05) is 13.1 Å². The van der Waals surface area contributed by atoms with E-state index in [1.165, 1.54) is 0 Å². The molecule has 0 aromatic heterocycles. The summed E-state index contributed by atoms with van der Waals surface area (Å²) in [6.07, 6.45) is 1.90. The molecule has 0 spiro atoms. The van der Waals surface area contributed by atoms with Gasteiger partial charge in [-0.15, -0.1) is 0 Å². The van der Waals surface area contributed by atoms with E-state index < -0.39 is 17.5 Å². The number of nitrogens with zero attached hydrogens (tertiary/aromatic N) is 1. The lowest BCUT2D eigenvalue weighted by Crippen LogP contribution is -2.41. The molecule has 1 fully saturated rings. The van der Waals surface area contributed by atoms with Gasteiger partial charge in [-0.25, -0.2) is 13.2 Å². The maximum absolute atomic E-state index is 13.4. The summed E-state index contributed by atoms with van der Waals surface area (Å²) in [5.41, 5.74) is -0.206. The van der Waals surface area contributed by atoms with Crippen molar-refractivity contribution in [1.29, 1.82) is 0 Å². The summed E-state index contributed by atoms with van der Waals surface area (Å²) in [6.45, 7) is 3.37. The molecule has 0 atom stereocenters. The molecule has 2 rings (SSSR count). The van der Waals surface area contributed by atoms with Crippen LogP contribution in [-0.4, -0.2) is 30.4 Å². The molecule has 110 valence electrons. The highest BCUT2D eigenvalue weighted by Gasteiger charge is 2.20. The molecule has 0 aliphatic carbocycles. The first-order chi connectivity index (χ1) is 9.49. The highest BCUT2D eigenvalue weighted by atomic mass is 19.2. The largest absolute Gasteiger partial charge is 0.374 e. The summed E-state index contributed by atoms with van der Waals surface area (Å²) in [7, 11) is 0. The first-order valence-corrected chi connectivity index (χ1v) is 6.64. The third kappa shape index (κ3) is 3.23. The molecule has 0 bridgehead atoms. The van der Waals surface area contributed by atoms with Crippen molar-refractivity contribution in [2.45, 2.75) is 19.8 Å². The van der Waals surface area contributed by atoms with Gasteiger partial charge in [-0.05, 0) is 30.9 Å². The minimum atomic E-state index is -1.53. The zero-order valence-corrected chi connectivity index (χ0v) is 11.3. The van der Waals surface area contributed by atoms with Gasteiger partial charge in [-0.2, -0.15) is 0 Å². The average molecular weight is 286 g/mol. The van der Waals surface area contributed by atoms with Gasteiger partial charge in [0.1, 0.15) is 0 Å². The second-order valence-electron chi connectivity index (χ2n) is 5.14. The molecule has 1 amide bonds. The normalized spacial score (nSPS) is 16.3. The van der Waals surface area contributed by atoms with Gasteiger partial charge >= 0.3 is 0 Å². The number of carbonyl (C=O) groups is 1. The topological polar surface area (TPSA) is 32.3 Å². The highest BCUT2D eigenvalue weighted by molar-refractivity contribution is 5.81. The van der Waals surface area contributed by atoms with E-state index in [4.69, 9.17) is 0 Å². The van der Waals surface area contributed by atoms with Crippen molar-refractivity contribution < 1.29 is 18.0 Å². The monoisotopic (exact) mass is 286 g/mol. The van der Waals surface area contributed by atoms with Crippen molar-refractivity contribution in [2.75, 3.05) is 25.0 Å². The number of hydrogen-bond donors (Lipinski definition) is 1. The van der Waals surface area contributed by atoms with Crippen LogP contribution in [0.15, 0.2) is 12.1 Å². The number of benzene rings is 1. The molecule has 0 unspecified atom stereocenters. The Hall–Kier alpha value is -1.72. The summed E-state index contributed by atoms with van der Waals surface area (Å²) < 4.78 is 39.2. The van der Waals surface area contributed by atoms with Gasteiger partial charge in [-0.1, -0.05) is 6.92 Å². The molecule has 1 saturated heterocycles. The molecule has 0 saturated carbocycles. The Morgan fingerprint density at radius 3 is 2.55 bits per heavy atom. The molecule has 6 heteroatoms. The van der Waals surface area contributed by atoms with Crippen molar-refractivity contribution in [3.8, 4) is 0 Å². The highest BCUT2D eigenvalue weighted by Crippen LogP contribution is 2.20. The first kappa shape index (κ1) is 14.7. The Morgan fingerprint density at radius 2 is 1.90 bits per heavy atom. The predicted molar refractivity (Wildman–Crippen MR) is 69.8 cm³/mol. The van der Waals surface area contributed by atoms with E-state index in [1.54, 1.807) is 4.90 Å². The number of piperidine rings is 1. The van der Waals surface area contributed by atoms with Crippen molar-refractivity contribution in [1.82, 2.24) is 4.90 Å². The Bertz CT molecular complexity index is 499. The van der Waals surface area contributed by atoms with Crippen molar-refractivity contribution >= 4 is 11.6 Å². The van der Waals surface area contributed by atoms with Gasteiger partial charge in [0.25, 0.3) is 0 Å². The van der Waals surface area contributed by atoms with Gasteiger partial charge in [-0.3, -0.25) is 4.79 Å². The molecular formula is C14H17F3N2O. The fourth-order valence-electron chi connectivity index (χ4n) is 2.20. The van der Waals surface area contributed by atoms with Gasteiger partial charge in [0.05, 0.1) is 12.2 Å². The number of anilines is 1. The number of halogens is 3. The zero-order valence-electron chi connectivity index (χ0n) is 11.3. The SMILES string of the molecule is CC1CCN(C(=O)CNc2ccc(F)c(F)c2F)CC1. The van der Waals surface area contributed by atoms with Crippen LogP contribution in [0.25, 0.3) is 0 Å².